The Balaban J connectivity index is 1.99. The number of amides is 2. The van der Waals surface area contributed by atoms with Gasteiger partial charge in [-0.25, -0.2) is 4.39 Å². The van der Waals surface area contributed by atoms with Crippen LogP contribution >= 0.6 is 11.6 Å². The molecular formula is C17H14ClFN2O2. The molecular weight excluding hydrogens is 319 g/mol. The van der Waals surface area contributed by atoms with Gasteiger partial charge in [-0.1, -0.05) is 23.7 Å². The molecule has 6 heteroatoms. The first-order chi connectivity index (χ1) is 10.9. The van der Waals surface area contributed by atoms with Crippen LogP contribution in [0.5, 0.6) is 0 Å². The van der Waals surface area contributed by atoms with Gasteiger partial charge in [-0.05, 0) is 42.0 Å². The monoisotopic (exact) mass is 332 g/mol. The van der Waals surface area contributed by atoms with E-state index in [0.29, 0.717) is 5.69 Å². The molecule has 0 atom stereocenters. The summed E-state index contributed by atoms with van der Waals surface area (Å²) in [6.07, 6.45) is 2.88. The van der Waals surface area contributed by atoms with Crippen LogP contribution in [0.1, 0.15) is 12.5 Å². The molecule has 0 aliphatic heterocycles. The fourth-order valence-corrected chi connectivity index (χ4v) is 1.98. The number of rotatable bonds is 4. The summed E-state index contributed by atoms with van der Waals surface area (Å²) >= 11 is 5.65. The highest BCUT2D eigenvalue weighted by molar-refractivity contribution is 6.30. The van der Waals surface area contributed by atoms with Gasteiger partial charge in [0.25, 0.3) is 0 Å². The fraction of sp³-hybridized carbons (Fsp3) is 0.0588. The number of anilines is 2. The summed E-state index contributed by atoms with van der Waals surface area (Å²) in [5, 5.41) is 5.33. The standard InChI is InChI=1S/C17H14ClFN2O2/c1-11(22)20-14-6-2-12(3-7-14)4-9-17(23)21-16-8-5-13(18)10-15(16)19/h2-10H,1H3,(H,20,22)(H,21,23)/b9-4+. The SMILES string of the molecule is CC(=O)Nc1ccc(/C=C/C(=O)Nc2ccc(Cl)cc2F)cc1. The van der Waals surface area contributed by atoms with Crippen LogP contribution < -0.4 is 10.6 Å². The molecule has 0 fully saturated rings. The van der Waals surface area contributed by atoms with Crippen molar-refractivity contribution in [2.75, 3.05) is 10.6 Å². The van der Waals surface area contributed by atoms with E-state index in [1.54, 1.807) is 30.3 Å². The van der Waals surface area contributed by atoms with Crippen LogP contribution in [0, 0.1) is 5.82 Å². The molecule has 0 bridgehead atoms. The van der Waals surface area contributed by atoms with Crippen molar-refractivity contribution in [3.8, 4) is 0 Å². The molecule has 0 heterocycles. The Bertz CT molecular complexity index is 758. The third kappa shape index (κ3) is 5.23. The predicted molar refractivity (Wildman–Crippen MR) is 89.8 cm³/mol. The van der Waals surface area contributed by atoms with Crippen molar-refractivity contribution in [3.05, 3.63) is 64.9 Å². The van der Waals surface area contributed by atoms with Crippen molar-refractivity contribution < 1.29 is 14.0 Å². The molecule has 2 rings (SSSR count). The van der Waals surface area contributed by atoms with E-state index in [4.69, 9.17) is 11.6 Å². The molecule has 0 radical (unpaired) electrons. The average Bonchev–Trinajstić information content (AvgIpc) is 2.49. The highest BCUT2D eigenvalue weighted by atomic mass is 35.5. The van der Waals surface area contributed by atoms with Gasteiger partial charge in [-0.3, -0.25) is 9.59 Å². The molecule has 118 valence electrons. The lowest BCUT2D eigenvalue weighted by Crippen LogP contribution is -2.09. The Kier molecular flexibility index (Phi) is 5.49. The van der Waals surface area contributed by atoms with Gasteiger partial charge in [0.1, 0.15) is 5.82 Å². The van der Waals surface area contributed by atoms with Gasteiger partial charge in [-0.2, -0.15) is 0 Å². The summed E-state index contributed by atoms with van der Waals surface area (Å²) in [6.45, 7) is 1.42. The van der Waals surface area contributed by atoms with Gasteiger partial charge in [0.05, 0.1) is 5.69 Å². The van der Waals surface area contributed by atoms with E-state index >= 15 is 0 Å². The van der Waals surface area contributed by atoms with Crippen molar-refractivity contribution in [1.29, 1.82) is 0 Å². The molecule has 0 saturated carbocycles. The third-order valence-corrected chi connectivity index (χ3v) is 3.08. The third-order valence-electron chi connectivity index (χ3n) is 2.85. The molecule has 0 unspecified atom stereocenters. The Hall–Kier alpha value is -2.66. The lowest BCUT2D eigenvalue weighted by atomic mass is 10.2. The maximum atomic E-state index is 13.6. The second-order valence-corrected chi connectivity index (χ2v) is 5.19. The van der Waals surface area contributed by atoms with E-state index in [1.165, 1.54) is 25.1 Å². The second kappa shape index (κ2) is 7.56. The van der Waals surface area contributed by atoms with Crippen LogP contribution in [0.4, 0.5) is 15.8 Å². The van der Waals surface area contributed by atoms with Crippen LogP contribution in [-0.2, 0) is 9.59 Å². The first-order valence-electron chi connectivity index (χ1n) is 6.76. The molecule has 2 aromatic carbocycles. The Morgan fingerprint density at radius 1 is 1.09 bits per heavy atom. The summed E-state index contributed by atoms with van der Waals surface area (Å²) in [4.78, 5) is 22.7. The molecule has 0 aliphatic rings. The lowest BCUT2D eigenvalue weighted by molar-refractivity contribution is -0.114. The van der Waals surface area contributed by atoms with Crippen LogP contribution in [0.25, 0.3) is 6.08 Å². The molecule has 0 saturated heterocycles. The van der Waals surface area contributed by atoms with E-state index in [-0.39, 0.29) is 16.6 Å². The first-order valence-corrected chi connectivity index (χ1v) is 7.13. The van der Waals surface area contributed by atoms with E-state index in [2.05, 4.69) is 10.6 Å². The summed E-state index contributed by atoms with van der Waals surface area (Å²) < 4.78 is 13.6. The average molecular weight is 333 g/mol. The van der Waals surface area contributed by atoms with Crippen molar-refractivity contribution in [1.82, 2.24) is 0 Å². The normalized spacial score (nSPS) is 10.6. The number of hydrogen-bond donors (Lipinski definition) is 2. The van der Waals surface area contributed by atoms with Crippen molar-refractivity contribution in [2.24, 2.45) is 0 Å². The van der Waals surface area contributed by atoms with Gasteiger partial charge >= 0.3 is 0 Å². The molecule has 0 aliphatic carbocycles. The zero-order valence-electron chi connectivity index (χ0n) is 12.3. The van der Waals surface area contributed by atoms with Crippen molar-refractivity contribution in [3.63, 3.8) is 0 Å². The lowest BCUT2D eigenvalue weighted by Gasteiger charge is -2.04. The van der Waals surface area contributed by atoms with Gasteiger partial charge < -0.3 is 10.6 Å². The van der Waals surface area contributed by atoms with Crippen LogP contribution in [0.15, 0.2) is 48.5 Å². The highest BCUT2D eigenvalue weighted by Crippen LogP contribution is 2.19. The smallest absolute Gasteiger partial charge is 0.248 e. The summed E-state index contributed by atoms with van der Waals surface area (Å²) in [5.74, 6) is -1.21. The van der Waals surface area contributed by atoms with Crippen molar-refractivity contribution >= 4 is 40.9 Å². The Morgan fingerprint density at radius 3 is 2.39 bits per heavy atom. The molecule has 0 spiro atoms. The zero-order chi connectivity index (χ0) is 16.8. The topological polar surface area (TPSA) is 58.2 Å². The predicted octanol–water partition coefficient (Wildman–Crippen LogP) is 4.09. The zero-order valence-corrected chi connectivity index (χ0v) is 13.0. The highest BCUT2D eigenvalue weighted by Gasteiger charge is 2.05. The number of halogens is 2. The van der Waals surface area contributed by atoms with Gasteiger partial charge in [-0.15, -0.1) is 0 Å². The molecule has 23 heavy (non-hydrogen) atoms. The maximum absolute atomic E-state index is 13.6. The maximum Gasteiger partial charge on any atom is 0.248 e. The molecule has 2 aromatic rings. The number of benzene rings is 2. The Labute approximate surface area is 138 Å². The Morgan fingerprint density at radius 2 is 1.78 bits per heavy atom. The van der Waals surface area contributed by atoms with E-state index in [0.717, 1.165) is 11.6 Å². The summed E-state index contributed by atoms with van der Waals surface area (Å²) in [6, 6.07) is 10.9. The largest absolute Gasteiger partial charge is 0.326 e. The first kappa shape index (κ1) is 16.7. The second-order valence-electron chi connectivity index (χ2n) is 4.75. The summed E-state index contributed by atoms with van der Waals surface area (Å²) in [7, 11) is 0. The van der Waals surface area contributed by atoms with Crippen LogP contribution in [-0.4, -0.2) is 11.8 Å². The van der Waals surface area contributed by atoms with Gasteiger partial charge in [0, 0.05) is 23.7 Å². The van der Waals surface area contributed by atoms with Crippen LogP contribution in [0.3, 0.4) is 0 Å². The quantitative estimate of drug-likeness (QED) is 0.828. The van der Waals surface area contributed by atoms with E-state index in [1.807, 2.05) is 0 Å². The minimum absolute atomic E-state index is 0.0602. The molecule has 0 aromatic heterocycles. The van der Waals surface area contributed by atoms with Gasteiger partial charge in [0.15, 0.2) is 0 Å². The van der Waals surface area contributed by atoms with Gasteiger partial charge in [0.2, 0.25) is 11.8 Å². The molecule has 2 amide bonds. The van der Waals surface area contributed by atoms with Crippen molar-refractivity contribution in [2.45, 2.75) is 6.92 Å². The molecule has 4 nitrogen and oxygen atoms in total. The minimum Gasteiger partial charge on any atom is -0.326 e. The number of hydrogen-bond acceptors (Lipinski definition) is 2. The summed E-state index contributed by atoms with van der Waals surface area (Å²) in [5.41, 5.74) is 1.50. The number of carbonyl (C=O) groups is 2. The van der Waals surface area contributed by atoms with E-state index in [9.17, 15) is 14.0 Å². The fourth-order valence-electron chi connectivity index (χ4n) is 1.82. The minimum atomic E-state index is -0.598. The number of nitrogens with one attached hydrogen (secondary N) is 2. The number of carbonyl (C=O) groups excluding carboxylic acids is 2. The van der Waals surface area contributed by atoms with E-state index < -0.39 is 11.7 Å². The van der Waals surface area contributed by atoms with Crippen LogP contribution in [0.2, 0.25) is 5.02 Å². The molecule has 2 N–H and O–H groups in total.